The lowest BCUT2D eigenvalue weighted by molar-refractivity contribution is -0.101. The van der Waals surface area contributed by atoms with Crippen LogP contribution in [0, 0.1) is 6.92 Å². The van der Waals surface area contributed by atoms with E-state index in [1.165, 1.54) is 6.20 Å². The van der Waals surface area contributed by atoms with Crippen LogP contribution >= 0.6 is 0 Å². The van der Waals surface area contributed by atoms with Gasteiger partial charge in [-0.15, -0.1) is 0 Å². The Morgan fingerprint density at radius 1 is 1.60 bits per heavy atom. The van der Waals surface area contributed by atoms with Gasteiger partial charge in [-0.2, -0.15) is 0 Å². The molecule has 0 bridgehead atoms. The molecule has 1 saturated heterocycles. The maximum atomic E-state index is 11.0. The Morgan fingerprint density at radius 3 is 2.85 bits per heavy atom. The molecule has 0 saturated carbocycles. The zero-order valence-electron chi connectivity index (χ0n) is 11.8. The average molecular weight is 281 g/mol. The fourth-order valence-electron chi connectivity index (χ4n) is 2.36. The Balaban J connectivity index is 2.26. The zero-order chi connectivity index (χ0) is 14.9. The van der Waals surface area contributed by atoms with Crippen LogP contribution in [0.4, 0.5) is 5.95 Å². The molecule has 0 spiro atoms. The quantitative estimate of drug-likeness (QED) is 0.830. The van der Waals surface area contributed by atoms with Crippen LogP contribution in [0.15, 0.2) is 6.20 Å². The number of aliphatic hydroxyl groups is 1. The monoisotopic (exact) mass is 281 g/mol. The van der Waals surface area contributed by atoms with Crippen molar-refractivity contribution < 1.29 is 19.7 Å². The van der Waals surface area contributed by atoms with Crippen molar-refractivity contribution in [1.82, 2.24) is 9.97 Å². The van der Waals surface area contributed by atoms with Gasteiger partial charge in [-0.3, -0.25) is 0 Å². The van der Waals surface area contributed by atoms with Gasteiger partial charge in [0.2, 0.25) is 5.95 Å². The van der Waals surface area contributed by atoms with Crippen molar-refractivity contribution in [2.24, 2.45) is 0 Å². The summed E-state index contributed by atoms with van der Waals surface area (Å²) in [6, 6.07) is 0. The number of hydrogen-bond acceptors (Lipinski definition) is 6. The number of morpholine rings is 1. The molecule has 0 amide bonds. The molecule has 0 aliphatic carbocycles. The molecule has 20 heavy (non-hydrogen) atoms. The summed E-state index contributed by atoms with van der Waals surface area (Å²) in [6.45, 7) is 6.48. The molecule has 7 nitrogen and oxygen atoms in total. The first kappa shape index (κ1) is 14.7. The molecule has 1 aromatic heterocycles. The summed E-state index contributed by atoms with van der Waals surface area (Å²) in [4.78, 5) is 21.2. The van der Waals surface area contributed by atoms with Gasteiger partial charge in [-0.05, 0) is 20.8 Å². The molecule has 110 valence electrons. The Bertz CT molecular complexity index is 518. The third-order valence-corrected chi connectivity index (χ3v) is 3.16. The smallest absolute Gasteiger partial charge is 0.339 e. The number of nitrogens with zero attached hydrogens (tertiary/aromatic N) is 3. The van der Waals surface area contributed by atoms with Crippen LogP contribution in [0.25, 0.3) is 0 Å². The summed E-state index contributed by atoms with van der Waals surface area (Å²) in [6.07, 6.45) is 1.01. The molecule has 1 aliphatic rings. The van der Waals surface area contributed by atoms with E-state index < -0.39 is 11.6 Å². The first-order valence-electron chi connectivity index (χ1n) is 6.43. The SMILES string of the molecule is Cc1nc(N2CC(CO)OC(C)(C)C2)ncc1C(=O)O. The average Bonchev–Trinajstić information content (AvgIpc) is 2.36. The Labute approximate surface area is 117 Å². The number of carboxylic acids is 1. The highest BCUT2D eigenvalue weighted by Gasteiger charge is 2.34. The van der Waals surface area contributed by atoms with Gasteiger partial charge in [0.1, 0.15) is 0 Å². The number of rotatable bonds is 3. The van der Waals surface area contributed by atoms with E-state index in [-0.39, 0.29) is 18.3 Å². The van der Waals surface area contributed by atoms with Crippen LogP contribution in [0.3, 0.4) is 0 Å². The minimum Gasteiger partial charge on any atom is -0.478 e. The van der Waals surface area contributed by atoms with Gasteiger partial charge in [-0.1, -0.05) is 0 Å². The number of aromatic nitrogens is 2. The van der Waals surface area contributed by atoms with E-state index in [0.29, 0.717) is 24.7 Å². The predicted octanol–water partition coefficient (Wildman–Crippen LogP) is 0.459. The number of aliphatic hydroxyl groups excluding tert-OH is 1. The third-order valence-electron chi connectivity index (χ3n) is 3.16. The van der Waals surface area contributed by atoms with Gasteiger partial charge in [-0.25, -0.2) is 14.8 Å². The molecule has 1 atom stereocenters. The number of hydrogen-bond donors (Lipinski definition) is 2. The van der Waals surface area contributed by atoms with Gasteiger partial charge in [0.05, 0.1) is 29.6 Å². The zero-order valence-corrected chi connectivity index (χ0v) is 11.8. The summed E-state index contributed by atoms with van der Waals surface area (Å²) >= 11 is 0. The normalized spacial score (nSPS) is 21.8. The summed E-state index contributed by atoms with van der Waals surface area (Å²) in [5.74, 6) is -0.577. The maximum Gasteiger partial charge on any atom is 0.339 e. The summed E-state index contributed by atoms with van der Waals surface area (Å²) in [7, 11) is 0. The minimum atomic E-state index is -1.04. The summed E-state index contributed by atoms with van der Waals surface area (Å²) in [5.41, 5.74) is 0.0984. The number of ether oxygens (including phenoxy) is 1. The maximum absolute atomic E-state index is 11.0. The topological polar surface area (TPSA) is 95.8 Å². The number of aromatic carboxylic acids is 1. The predicted molar refractivity (Wildman–Crippen MR) is 72.0 cm³/mol. The van der Waals surface area contributed by atoms with Gasteiger partial charge in [0.15, 0.2) is 0 Å². The van der Waals surface area contributed by atoms with E-state index in [9.17, 15) is 9.90 Å². The molecular weight excluding hydrogens is 262 g/mol. The van der Waals surface area contributed by atoms with Crippen molar-refractivity contribution in [3.63, 3.8) is 0 Å². The number of anilines is 1. The first-order valence-corrected chi connectivity index (χ1v) is 6.43. The Morgan fingerprint density at radius 2 is 2.30 bits per heavy atom. The minimum absolute atomic E-state index is 0.0773. The van der Waals surface area contributed by atoms with Crippen LogP contribution in [-0.2, 0) is 4.74 Å². The number of carbonyl (C=O) groups is 1. The molecule has 7 heteroatoms. The second-order valence-electron chi connectivity index (χ2n) is 5.54. The van der Waals surface area contributed by atoms with E-state index in [2.05, 4.69) is 9.97 Å². The molecule has 1 fully saturated rings. The summed E-state index contributed by atoms with van der Waals surface area (Å²) < 4.78 is 5.73. The molecule has 2 N–H and O–H groups in total. The van der Waals surface area contributed by atoms with E-state index in [1.54, 1.807) is 6.92 Å². The molecule has 0 aromatic carbocycles. The highest BCUT2D eigenvalue weighted by molar-refractivity contribution is 5.88. The lowest BCUT2D eigenvalue weighted by atomic mass is 10.1. The van der Waals surface area contributed by atoms with Gasteiger partial charge in [0.25, 0.3) is 0 Å². The van der Waals surface area contributed by atoms with Crippen LogP contribution in [-0.4, -0.2) is 57.6 Å². The summed E-state index contributed by atoms with van der Waals surface area (Å²) in [5, 5.41) is 18.3. The molecule has 2 rings (SSSR count). The van der Waals surface area contributed by atoms with E-state index in [0.717, 1.165) is 0 Å². The van der Waals surface area contributed by atoms with Crippen molar-refractivity contribution >= 4 is 11.9 Å². The largest absolute Gasteiger partial charge is 0.478 e. The second-order valence-corrected chi connectivity index (χ2v) is 5.54. The van der Waals surface area contributed by atoms with Crippen molar-refractivity contribution in [1.29, 1.82) is 0 Å². The second kappa shape index (κ2) is 5.34. The van der Waals surface area contributed by atoms with E-state index in [1.807, 2.05) is 18.7 Å². The molecule has 1 aromatic rings. The molecule has 0 radical (unpaired) electrons. The van der Waals surface area contributed by atoms with E-state index in [4.69, 9.17) is 9.84 Å². The van der Waals surface area contributed by atoms with Crippen LogP contribution < -0.4 is 4.90 Å². The fraction of sp³-hybridized carbons (Fsp3) is 0.615. The van der Waals surface area contributed by atoms with Gasteiger partial charge in [0, 0.05) is 19.3 Å². The molecular formula is C13H19N3O4. The Hall–Kier alpha value is -1.73. The third kappa shape index (κ3) is 3.05. The highest BCUT2D eigenvalue weighted by Crippen LogP contribution is 2.24. The van der Waals surface area contributed by atoms with Crippen LogP contribution in [0.2, 0.25) is 0 Å². The van der Waals surface area contributed by atoms with Crippen LogP contribution in [0.5, 0.6) is 0 Å². The van der Waals surface area contributed by atoms with Crippen molar-refractivity contribution in [3.8, 4) is 0 Å². The lowest BCUT2D eigenvalue weighted by Crippen LogP contribution is -2.54. The van der Waals surface area contributed by atoms with Crippen molar-refractivity contribution in [2.75, 3.05) is 24.6 Å². The first-order chi connectivity index (χ1) is 9.32. The van der Waals surface area contributed by atoms with Gasteiger partial charge < -0.3 is 19.8 Å². The Kier molecular flexibility index (Phi) is 3.92. The van der Waals surface area contributed by atoms with Crippen molar-refractivity contribution in [2.45, 2.75) is 32.5 Å². The van der Waals surface area contributed by atoms with Crippen LogP contribution in [0.1, 0.15) is 29.9 Å². The van der Waals surface area contributed by atoms with Crippen molar-refractivity contribution in [3.05, 3.63) is 17.5 Å². The number of aryl methyl sites for hydroxylation is 1. The molecule has 1 aliphatic heterocycles. The van der Waals surface area contributed by atoms with E-state index >= 15 is 0 Å². The standard InChI is InChI=1S/C13H19N3O4/c1-8-10(11(18)19)4-14-12(15-8)16-5-9(6-17)20-13(2,3)7-16/h4,9,17H,5-7H2,1-3H3,(H,18,19). The van der Waals surface area contributed by atoms with Gasteiger partial charge >= 0.3 is 5.97 Å². The lowest BCUT2D eigenvalue weighted by Gasteiger charge is -2.42. The fourth-order valence-corrected chi connectivity index (χ4v) is 2.36. The molecule has 1 unspecified atom stereocenters. The molecule has 2 heterocycles. The number of carboxylic acid groups (broad SMARTS) is 1. The highest BCUT2D eigenvalue weighted by atomic mass is 16.5.